The molecule has 0 spiro atoms. The maximum absolute atomic E-state index is 13.4. The van der Waals surface area contributed by atoms with Crippen molar-refractivity contribution in [1.82, 2.24) is 0 Å². The number of phenols is 12. The van der Waals surface area contributed by atoms with Crippen LogP contribution in [0.15, 0.2) is 48.5 Å². The number of benzene rings is 4. The van der Waals surface area contributed by atoms with Gasteiger partial charge in [0.15, 0.2) is 58.2 Å². The van der Waals surface area contributed by atoms with Crippen molar-refractivity contribution >= 4 is 23.9 Å². The lowest BCUT2D eigenvalue weighted by Crippen LogP contribution is -2.58. The number of ether oxygens (including phenoxy) is 5. The van der Waals surface area contributed by atoms with Gasteiger partial charge in [-0.05, 0) is 48.5 Å². The monoisotopic (exact) mass is 758 g/mol. The number of carbonyl (C=O) groups is 4. The number of carbonyl (C=O) groups excluding carboxylic acids is 4. The van der Waals surface area contributed by atoms with Gasteiger partial charge in [-0.25, -0.2) is 19.2 Å². The number of esters is 4. The Hall–Kier alpha value is -7.68. The fraction of sp³-hybridized carbons (Fsp3) is 0.152. The quantitative estimate of drug-likeness (QED) is 0.0685. The first-order valence-electron chi connectivity index (χ1n) is 14.8. The zero-order valence-electron chi connectivity index (χ0n) is 26.7. The van der Waals surface area contributed by atoms with Crippen molar-refractivity contribution in [3.8, 4) is 69.0 Å². The lowest BCUT2D eigenvalue weighted by molar-refractivity contribution is -0.250. The van der Waals surface area contributed by atoms with Crippen molar-refractivity contribution in [2.24, 2.45) is 0 Å². The fourth-order valence-corrected chi connectivity index (χ4v) is 4.89. The largest absolute Gasteiger partial charge is 0.504 e. The molecule has 54 heavy (non-hydrogen) atoms. The third kappa shape index (κ3) is 6.96. The van der Waals surface area contributed by atoms with Crippen LogP contribution in [0.5, 0.6) is 69.0 Å². The van der Waals surface area contributed by atoms with Crippen molar-refractivity contribution in [3.63, 3.8) is 0 Å². The van der Waals surface area contributed by atoms with Gasteiger partial charge in [0.2, 0.25) is 35.4 Å². The van der Waals surface area contributed by atoms with E-state index in [-0.39, 0.29) is 0 Å². The third-order valence-electron chi connectivity index (χ3n) is 7.75. The summed E-state index contributed by atoms with van der Waals surface area (Å²) in [6.07, 6.45) is -8.82. The molecule has 5 rings (SSSR count). The van der Waals surface area contributed by atoms with Gasteiger partial charge in [-0.3, -0.25) is 0 Å². The lowest BCUT2D eigenvalue weighted by Gasteiger charge is -2.40. The molecule has 1 fully saturated rings. The zero-order chi connectivity index (χ0) is 39.8. The molecule has 284 valence electrons. The van der Waals surface area contributed by atoms with Crippen LogP contribution >= 0.6 is 0 Å². The van der Waals surface area contributed by atoms with E-state index in [2.05, 4.69) is 0 Å². The number of hydrogen-bond acceptors (Lipinski definition) is 21. The second kappa shape index (κ2) is 14.5. The molecule has 0 unspecified atom stereocenters. The Morgan fingerprint density at radius 3 is 1.06 bits per heavy atom. The first-order valence-corrected chi connectivity index (χ1v) is 14.8. The van der Waals surface area contributed by atoms with Crippen molar-refractivity contribution in [2.75, 3.05) is 6.61 Å². The van der Waals surface area contributed by atoms with Crippen molar-refractivity contribution in [1.29, 1.82) is 0 Å². The molecule has 0 aliphatic carbocycles. The molecule has 1 aliphatic heterocycles. The molecule has 1 aliphatic rings. The summed E-state index contributed by atoms with van der Waals surface area (Å²) in [6, 6.07) is 6.19. The predicted octanol–water partition coefficient (Wildman–Crippen LogP) is 1.34. The van der Waals surface area contributed by atoms with Crippen LogP contribution in [0.1, 0.15) is 41.4 Å². The molecule has 4 aromatic rings. The molecular formula is C33H26O21. The lowest BCUT2D eigenvalue weighted by atomic mass is 10.0. The van der Waals surface area contributed by atoms with E-state index in [1.165, 1.54) is 0 Å². The summed E-state index contributed by atoms with van der Waals surface area (Å²) in [7, 11) is 0. The van der Waals surface area contributed by atoms with Crippen molar-refractivity contribution in [2.45, 2.75) is 24.6 Å². The highest BCUT2D eigenvalue weighted by Crippen LogP contribution is 2.42. The summed E-state index contributed by atoms with van der Waals surface area (Å²) in [6.45, 7) is -0.953. The van der Waals surface area contributed by atoms with Crippen LogP contribution in [-0.2, 0) is 23.7 Å². The molecule has 1 saturated heterocycles. The van der Waals surface area contributed by atoms with E-state index < -0.39 is 146 Å². The van der Waals surface area contributed by atoms with Crippen molar-refractivity contribution < 1.29 is 104 Å². The summed E-state index contributed by atoms with van der Waals surface area (Å²) in [5.74, 6) is -19.2. The van der Waals surface area contributed by atoms with E-state index in [0.29, 0.717) is 0 Å². The Kier molecular flexibility index (Phi) is 10.1. The molecule has 0 amide bonds. The molecule has 1 heterocycles. The van der Waals surface area contributed by atoms with Crippen LogP contribution in [-0.4, -0.2) is 116 Å². The molecule has 0 bridgehead atoms. The summed E-state index contributed by atoms with van der Waals surface area (Å²) in [5, 5.41) is 120. The summed E-state index contributed by atoms with van der Waals surface area (Å²) < 4.78 is 26.9. The molecule has 0 radical (unpaired) electrons. The van der Waals surface area contributed by atoms with Gasteiger partial charge in [0.25, 0.3) is 0 Å². The molecule has 0 aromatic heterocycles. The highest BCUT2D eigenvalue weighted by atomic mass is 16.7. The minimum Gasteiger partial charge on any atom is -0.504 e. The fourth-order valence-electron chi connectivity index (χ4n) is 4.89. The molecule has 4 atom stereocenters. The van der Waals surface area contributed by atoms with Crippen LogP contribution in [0, 0.1) is 0 Å². The van der Waals surface area contributed by atoms with E-state index >= 15 is 0 Å². The molecule has 0 saturated carbocycles. The Morgan fingerprint density at radius 1 is 0.407 bits per heavy atom. The SMILES string of the molecule is O=C(O[C@H]1OC[C@@H](OC(=O)c2ccc(O)c(O)c2O)[C@@H](OC(=O)c2ccc(O)c(O)c2O)[C@H]1OC(=O)c1ccc(O)c(O)c1O)c1ccc(O)c(O)c1O. The van der Waals surface area contributed by atoms with E-state index in [9.17, 15) is 80.5 Å². The van der Waals surface area contributed by atoms with Gasteiger partial charge in [0, 0.05) is 0 Å². The molecule has 12 N–H and O–H groups in total. The number of hydrogen-bond donors (Lipinski definition) is 12. The molecule has 4 aromatic carbocycles. The average Bonchev–Trinajstić information content (AvgIpc) is 3.13. The number of phenolic OH excluding ortho intramolecular Hbond substituents is 12. The first kappa shape index (κ1) is 37.6. The van der Waals surface area contributed by atoms with Gasteiger partial charge in [0.1, 0.15) is 22.3 Å². The Bertz CT molecular complexity index is 2030. The van der Waals surface area contributed by atoms with E-state index in [0.717, 1.165) is 48.5 Å². The van der Waals surface area contributed by atoms with Crippen LogP contribution in [0.2, 0.25) is 0 Å². The van der Waals surface area contributed by atoms with Crippen molar-refractivity contribution in [3.05, 3.63) is 70.8 Å². The van der Waals surface area contributed by atoms with Gasteiger partial charge >= 0.3 is 23.9 Å². The Morgan fingerprint density at radius 2 is 0.704 bits per heavy atom. The summed E-state index contributed by atoms with van der Waals surface area (Å²) >= 11 is 0. The predicted molar refractivity (Wildman–Crippen MR) is 169 cm³/mol. The number of aromatic hydroxyl groups is 12. The normalized spacial score (nSPS) is 17.9. The average molecular weight is 759 g/mol. The van der Waals surface area contributed by atoms with Crippen LogP contribution < -0.4 is 0 Å². The van der Waals surface area contributed by atoms with Gasteiger partial charge < -0.3 is 85.0 Å². The standard InChI is InChI=1S/C33H26O21/c34-14-5-1-10(19(38)23(14)42)29(46)51-18-9-50-33(54-32(49)13-4-8-17(37)26(45)22(13)41)28(53-31(48)12-3-7-16(36)25(44)21(12)40)27(18)52-30(47)11-2-6-15(35)24(43)20(11)39/h1-8,18,27-28,33-45H,9H2/t18-,27-,28-,33-/m1/s1. The second-order valence-electron chi connectivity index (χ2n) is 11.1. The first-order chi connectivity index (χ1) is 25.4. The van der Waals surface area contributed by atoms with Crippen LogP contribution in [0.3, 0.4) is 0 Å². The van der Waals surface area contributed by atoms with Gasteiger partial charge in [-0.2, -0.15) is 0 Å². The molecule has 21 heteroatoms. The van der Waals surface area contributed by atoms with E-state index in [1.807, 2.05) is 0 Å². The minimum atomic E-state index is -2.34. The van der Waals surface area contributed by atoms with E-state index in [1.54, 1.807) is 0 Å². The van der Waals surface area contributed by atoms with Gasteiger partial charge in [0.05, 0.1) is 6.61 Å². The molecule has 21 nitrogen and oxygen atoms in total. The Labute approximate surface area is 299 Å². The smallest absolute Gasteiger partial charge is 0.344 e. The highest BCUT2D eigenvalue weighted by molar-refractivity contribution is 5.96. The second-order valence-corrected chi connectivity index (χ2v) is 11.1. The third-order valence-corrected chi connectivity index (χ3v) is 7.75. The number of rotatable bonds is 8. The topological polar surface area (TPSA) is 357 Å². The van der Waals surface area contributed by atoms with E-state index in [4.69, 9.17) is 23.7 Å². The van der Waals surface area contributed by atoms with Gasteiger partial charge in [-0.1, -0.05) is 0 Å². The summed E-state index contributed by atoms with van der Waals surface area (Å²) in [4.78, 5) is 53.3. The minimum absolute atomic E-state index is 0.752. The van der Waals surface area contributed by atoms with Gasteiger partial charge in [-0.15, -0.1) is 0 Å². The maximum Gasteiger partial charge on any atom is 0.344 e. The van der Waals surface area contributed by atoms with Crippen LogP contribution in [0.4, 0.5) is 0 Å². The Balaban J connectivity index is 1.60. The highest BCUT2D eigenvalue weighted by Gasteiger charge is 2.50. The summed E-state index contributed by atoms with van der Waals surface area (Å²) in [5.41, 5.74) is -3.32. The molecular weight excluding hydrogens is 732 g/mol. The zero-order valence-corrected chi connectivity index (χ0v) is 26.7. The maximum atomic E-state index is 13.4. The van der Waals surface area contributed by atoms with Crippen LogP contribution in [0.25, 0.3) is 0 Å².